The number of nitro benzene ring substituents is 1. The molecule has 142 valence electrons. The Balaban J connectivity index is 1.99. The van der Waals surface area contributed by atoms with Gasteiger partial charge in [-0.3, -0.25) is 14.9 Å². The van der Waals surface area contributed by atoms with Gasteiger partial charge in [0.1, 0.15) is 5.75 Å². The summed E-state index contributed by atoms with van der Waals surface area (Å²) in [5.74, 6) is -2.31. The number of rotatable bonds is 7. The van der Waals surface area contributed by atoms with Crippen LogP contribution in [0.2, 0.25) is 0 Å². The maximum Gasteiger partial charge on any atom is 0.338 e. The number of nitrogens with zero attached hydrogens (tertiary/aromatic N) is 1. The Labute approximate surface area is 152 Å². The summed E-state index contributed by atoms with van der Waals surface area (Å²) in [5, 5.41) is 13.2. The quantitative estimate of drug-likeness (QED) is 0.447. The normalized spacial score (nSPS) is 10.0. The van der Waals surface area contributed by atoms with Gasteiger partial charge >= 0.3 is 5.97 Å². The third-order valence-electron chi connectivity index (χ3n) is 3.39. The molecular weight excluding hydrogens is 363 g/mol. The van der Waals surface area contributed by atoms with Crippen LogP contribution in [0, 0.1) is 15.9 Å². The van der Waals surface area contributed by atoms with Gasteiger partial charge in [-0.1, -0.05) is 0 Å². The van der Waals surface area contributed by atoms with Gasteiger partial charge in [-0.05, 0) is 24.3 Å². The zero-order valence-corrected chi connectivity index (χ0v) is 14.4. The van der Waals surface area contributed by atoms with Crippen molar-refractivity contribution in [2.24, 2.45) is 0 Å². The van der Waals surface area contributed by atoms with Gasteiger partial charge in [-0.2, -0.15) is 0 Å². The molecule has 0 fully saturated rings. The first kappa shape index (κ1) is 19.6. The van der Waals surface area contributed by atoms with Gasteiger partial charge in [-0.25, -0.2) is 9.18 Å². The minimum absolute atomic E-state index is 0.0328. The van der Waals surface area contributed by atoms with Crippen molar-refractivity contribution in [2.45, 2.75) is 0 Å². The summed E-state index contributed by atoms with van der Waals surface area (Å²) >= 11 is 0. The van der Waals surface area contributed by atoms with E-state index < -0.39 is 29.2 Å². The third-order valence-corrected chi connectivity index (χ3v) is 3.39. The van der Waals surface area contributed by atoms with Gasteiger partial charge in [0.25, 0.3) is 11.6 Å². The average Bonchev–Trinajstić information content (AvgIpc) is 2.66. The van der Waals surface area contributed by atoms with E-state index in [2.05, 4.69) is 5.32 Å². The van der Waals surface area contributed by atoms with Crippen molar-refractivity contribution < 1.29 is 33.1 Å². The van der Waals surface area contributed by atoms with Crippen LogP contribution in [-0.4, -0.2) is 37.6 Å². The fraction of sp³-hybridized carbons (Fsp3) is 0.176. The van der Waals surface area contributed by atoms with Crippen molar-refractivity contribution in [1.82, 2.24) is 0 Å². The van der Waals surface area contributed by atoms with Gasteiger partial charge in [0.15, 0.2) is 18.2 Å². The predicted molar refractivity (Wildman–Crippen MR) is 91.5 cm³/mol. The molecule has 0 atom stereocenters. The molecule has 0 saturated heterocycles. The molecule has 1 N–H and O–H groups in total. The van der Waals surface area contributed by atoms with Crippen molar-refractivity contribution in [2.75, 3.05) is 26.1 Å². The second-order valence-corrected chi connectivity index (χ2v) is 5.12. The number of hydrogen-bond donors (Lipinski definition) is 1. The predicted octanol–water partition coefficient (Wildman–Crippen LogP) is 2.55. The lowest BCUT2D eigenvalue weighted by Gasteiger charge is -2.10. The molecule has 0 unspecified atom stereocenters. The zero-order valence-electron chi connectivity index (χ0n) is 14.4. The molecule has 1 amide bonds. The van der Waals surface area contributed by atoms with Gasteiger partial charge in [0.05, 0.1) is 36.5 Å². The molecule has 9 nitrogen and oxygen atoms in total. The van der Waals surface area contributed by atoms with E-state index in [-0.39, 0.29) is 28.4 Å². The maximum absolute atomic E-state index is 13.6. The fourth-order valence-electron chi connectivity index (χ4n) is 2.09. The minimum atomic E-state index is -0.901. The van der Waals surface area contributed by atoms with E-state index in [1.54, 1.807) is 0 Å². The Morgan fingerprint density at radius 3 is 2.41 bits per heavy atom. The molecule has 0 heterocycles. The molecular formula is C17H15FN2O7. The highest BCUT2D eigenvalue weighted by Gasteiger charge is 2.16. The summed E-state index contributed by atoms with van der Waals surface area (Å²) in [5.41, 5.74) is -0.133. The molecule has 2 rings (SSSR count). The second kappa shape index (κ2) is 8.61. The Morgan fingerprint density at radius 2 is 1.81 bits per heavy atom. The van der Waals surface area contributed by atoms with Crippen molar-refractivity contribution in [3.05, 3.63) is 57.9 Å². The smallest absolute Gasteiger partial charge is 0.338 e. The number of methoxy groups -OCH3 is 2. The van der Waals surface area contributed by atoms with Gasteiger partial charge in [0.2, 0.25) is 0 Å². The molecule has 0 saturated carbocycles. The standard InChI is InChI=1S/C17H15FN2O7/c1-25-14-6-3-10(7-12(14)18)17(22)27-9-16(21)19-13-5-4-11(20(23)24)8-15(13)26-2/h3-8H,9H2,1-2H3,(H,19,21). The zero-order chi connectivity index (χ0) is 20.0. The van der Waals surface area contributed by atoms with Crippen LogP contribution in [-0.2, 0) is 9.53 Å². The number of nitro groups is 1. The van der Waals surface area contributed by atoms with Crippen LogP contribution in [0.25, 0.3) is 0 Å². The molecule has 10 heteroatoms. The molecule has 0 bridgehead atoms. The highest BCUT2D eigenvalue weighted by Crippen LogP contribution is 2.28. The number of nitrogens with one attached hydrogen (secondary N) is 1. The summed E-state index contributed by atoms with van der Waals surface area (Å²) in [6.45, 7) is -0.646. The lowest BCUT2D eigenvalue weighted by atomic mass is 10.2. The lowest BCUT2D eigenvalue weighted by Crippen LogP contribution is -2.21. The first-order valence-electron chi connectivity index (χ1n) is 7.48. The fourth-order valence-corrected chi connectivity index (χ4v) is 2.09. The number of non-ortho nitro benzene ring substituents is 1. The summed E-state index contributed by atoms with van der Waals surface area (Å²) in [4.78, 5) is 34.0. The van der Waals surface area contributed by atoms with Crippen LogP contribution in [0.5, 0.6) is 11.5 Å². The Morgan fingerprint density at radius 1 is 1.11 bits per heavy atom. The summed E-state index contributed by atoms with van der Waals surface area (Å²) in [6, 6.07) is 7.09. The van der Waals surface area contributed by atoms with E-state index in [1.165, 1.54) is 38.5 Å². The number of esters is 1. The third kappa shape index (κ3) is 4.91. The topological polar surface area (TPSA) is 117 Å². The van der Waals surface area contributed by atoms with E-state index in [0.29, 0.717) is 0 Å². The molecule has 0 aromatic heterocycles. The van der Waals surface area contributed by atoms with Crippen LogP contribution in [0.1, 0.15) is 10.4 Å². The maximum atomic E-state index is 13.6. The molecule has 2 aromatic carbocycles. The molecule has 2 aromatic rings. The van der Waals surface area contributed by atoms with Crippen LogP contribution >= 0.6 is 0 Å². The van der Waals surface area contributed by atoms with Crippen LogP contribution in [0.4, 0.5) is 15.8 Å². The number of hydrogen-bond acceptors (Lipinski definition) is 7. The number of ether oxygens (including phenoxy) is 3. The van der Waals surface area contributed by atoms with E-state index in [4.69, 9.17) is 14.2 Å². The van der Waals surface area contributed by atoms with E-state index in [0.717, 1.165) is 12.1 Å². The Hall–Kier alpha value is -3.69. The average molecular weight is 378 g/mol. The van der Waals surface area contributed by atoms with Crippen molar-refractivity contribution in [3.8, 4) is 11.5 Å². The van der Waals surface area contributed by atoms with Gasteiger partial charge < -0.3 is 19.5 Å². The molecule has 0 spiro atoms. The molecule has 0 radical (unpaired) electrons. The lowest BCUT2D eigenvalue weighted by molar-refractivity contribution is -0.384. The first-order chi connectivity index (χ1) is 12.8. The van der Waals surface area contributed by atoms with Gasteiger partial charge in [-0.15, -0.1) is 0 Å². The Kier molecular flexibility index (Phi) is 6.26. The molecule has 0 aliphatic heterocycles. The number of carbonyl (C=O) groups excluding carboxylic acids is 2. The number of anilines is 1. The number of benzene rings is 2. The Bertz CT molecular complexity index is 886. The van der Waals surface area contributed by atoms with Crippen LogP contribution < -0.4 is 14.8 Å². The summed E-state index contributed by atoms with van der Waals surface area (Å²) in [7, 11) is 2.57. The van der Waals surface area contributed by atoms with Crippen LogP contribution in [0.15, 0.2) is 36.4 Å². The first-order valence-corrected chi connectivity index (χ1v) is 7.48. The SMILES string of the molecule is COc1ccc(C(=O)OCC(=O)Nc2ccc([N+](=O)[O-])cc2OC)cc1F. The van der Waals surface area contributed by atoms with E-state index in [1.807, 2.05) is 0 Å². The van der Waals surface area contributed by atoms with Crippen molar-refractivity contribution >= 4 is 23.3 Å². The van der Waals surface area contributed by atoms with Gasteiger partial charge in [0, 0.05) is 6.07 Å². The van der Waals surface area contributed by atoms with E-state index in [9.17, 15) is 24.1 Å². The highest BCUT2D eigenvalue weighted by atomic mass is 19.1. The van der Waals surface area contributed by atoms with E-state index >= 15 is 0 Å². The molecule has 0 aliphatic carbocycles. The van der Waals surface area contributed by atoms with Crippen molar-refractivity contribution in [1.29, 1.82) is 0 Å². The molecule has 27 heavy (non-hydrogen) atoms. The number of halogens is 1. The molecule has 0 aliphatic rings. The number of carbonyl (C=O) groups is 2. The minimum Gasteiger partial charge on any atom is -0.494 e. The highest BCUT2D eigenvalue weighted by molar-refractivity contribution is 5.96. The van der Waals surface area contributed by atoms with Crippen molar-refractivity contribution in [3.63, 3.8) is 0 Å². The number of amides is 1. The monoisotopic (exact) mass is 378 g/mol. The second-order valence-electron chi connectivity index (χ2n) is 5.12. The summed E-state index contributed by atoms with van der Waals surface area (Å²) in [6.07, 6.45) is 0. The summed E-state index contributed by atoms with van der Waals surface area (Å²) < 4.78 is 28.1. The largest absolute Gasteiger partial charge is 0.494 e. The van der Waals surface area contributed by atoms with Crippen LogP contribution in [0.3, 0.4) is 0 Å².